The summed E-state index contributed by atoms with van der Waals surface area (Å²) in [4.78, 5) is 20.1. The van der Waals surface area contributed by atoms with Gasteiger partial charge in [0.25, 0.3) is 11.4 Å². The molecule has 0 spiro atoms. The molecule has 1 saturated heterocycles. The van der Waals surface area contributed by atoms with E-state index in [1.807, 2.05) is 0 Å². The van der Waals surface area contributed by atoms with Gasteiger partial charge in [0.15, 0.2) is 6.29 Å². The maximum atomic E-state index is 10.9. The van der Waals surface area contributed by atoms with E-state index >= 15 is 0 Å². The highest BCUT2D eigenvalue weighted by Gasteiger charge is 2.27. The van der Waals surface area contributed by atoms with Gasteiger partial charge in [0.05, 0.1) is 34.7 Å². The Bertz CT molecular complexity index is 483. The van der Waals surface area contributed by atoms with Crippen molar-refractivity contribution >= 4 is 11.4 Å². The third kappa shape index (κ3) is 2.44. The zero-order valence-electron chi connectivity index (χ0n) is 9.27. The number of hydrogen-bond donors (Lipinski definition) is 0. The van der Waals surface area contributed by atoms with Gasteiger partial charge in [-0.1, -0.05) is 0 Å². The smallest absolute Gasteiger partial charge is 0.284 e. The highest BCUT2D eigenvalue weighted by atomic mass is 16.7. The Kier molecular flexibility index (Phi) is 3.49. The van der Waals surface area contributed by atoms with Crippen LogP contribution in [-0.4, -0.2) is 23.1 Å². The zero-order valence-corrected chi connectivity index (χ0v) is 9.27. The van der Waals surface area contributed by atoms with Crippen molar-refractivity contribution in [1.82, 2.24) is 0 Å². The second kappa shape index (κ2) is 5.07. The van der Waals surface area contributed by atoms with Crippen molar-refractivity contribution in [3.05, 3.63) is 44.0 Å². The first kappa shape index (κ1) is 12.4. The lowest BCUT2D eigenvalue weighted by Gasteiger charge is -2.23. The molecule has 0 saturated carbocycles. The fourth-order valence-electron chi connectivity index (χ4n) is 1.67. The highest BCUT2D eigenvalue weighted by Crippen LogP contribution is 2.33. The third-order valence-electron chi connectivity index (χ3n) is 2.50. The molecule has 0 bridgehead atoms. The number of benzene rings is 1. The standard InChI is InChI=1S/C10H10N2O6/c13-11(14)7-2-3-8(9(6-7)12(15)16)10-17-4-1-5-18-10/h2-3,6,10H,1,4-5H2. The molecule has 18 heavy (non-hydrogen) atoms. The highest BCUT2D eigenvalue weighted by molar-refractivity contribution is 5.49. The summed E-state index contributed by atoms with van der Waals surface area (Å²) in [6.45, 7) is 0.887. The summed E-state index contributed by atoms with van der Waals surface area (Å²) in [7, 11) is 0. The number of nitro groups is 2. The Hall–Kier alpha value is -2.06. The summed E-state index contributed by atoms with van der Waals surface area (Å²) < 4.78 is 10.5. The molecule has 1 heterocycles. The van der Waals surface area contributed by atoms with Crippen LogP contribution in [0.1, 0.15) is 18.3 Å². The lowest BCUT2D eigenvalue weighted by molar-refractivity contribution is -0.395. The number of nitrogens with zero attached hydrogens (tertiary/aromatic N) is 2. The molecule has 1 aromatic carbocycles. The minimum atomic E-state index is -0.833. The van der Waals surface area contributed by atoms with Crippen molar-refractivity contribution in [2.45, 2.75) is 12.7 Å². The molecule has 2 rings (SSSR count). The summed E-state index contributed by atoms with van der Waals surface area (Å²) in [6.07, 6.45) is -0.114. The van der Waals surface area contributed by atoms with Crippen molar-refractivity contribution in [3.63, 3.8) is 0 Å². The Morgan fingerprint density at radius 3 is 2.33 bits per heavy atom. The second-order valence-corrected chi connectivity index (χ2v) is 3.68. The maximum absolute atomic E-state index is 10.9. The van der Waals surface area contributed by atoms with E-state index in [0.29, 0.717) is 13.2 Å². The van der Waals surface area contributed by atoms with E-state index in [9.17, 15) is 20.2 Å². The number of rotatable bonds is 3. The number of hydrogen-bond acceptors (Lipinski definition) is 6. The molecule has 0 N–H and O–H groups in total. The Morgan fingerprint density at radius 1 is 1.11 bits per heavy atom. The summed E-state index contributed by atoms with van der Waals surface area (Å²) in [5.41, 5.74) is -0.498. The van der Waals surface area contributed by atoms with Crippen LogP contribution in [0.2, 0.25) is 0 Å². The first-order valence-electron chi connectivity index (χ1n) is 5.25. The first-order valence-corrected chi connectivity index (χ1v) is 5.25. The summed E-state index contributed by atoms with van der Waals surface area (Å²) in [5.74, 6) is 0. The third-order valence-corrected chi connectivity index (χ3v) is 2.50. The normalized spacial score (nSPS) is 16.4. The Balaban J connectivity index is 2.39. The topological polar surface area (TPSA) is 105 Å². The molecule has 1 fully saturated rings. The van der Waals surface area contributed by atoms with Crippen LogP contribution in [0.4, 0.5) is 11.4 Å². The maximum Gasteiger partial charge on any atom is 0.284 e. The molecule has 0 aromatic heterocycles. The van der Waals surface area contributed by atoms with Gasteiger partial charge in [-0.2, -0.15) is 0 Å². The van der Waals surface area contributed by atoms with Crippen LogP contribution in [0.15, 0.2) is 18.2 Å². The average Bonchev–Trinajstić information content (AvgIpc) is 2.39. The van der Waals surface area contributed by atoms with Crippen molar-refractivity contribution < 1.29 is 19.3 Å². The van der Waals surface area contributed by atoms with E-state index in [2.05, 4.69) is 0 Å². The predicted octanol–water partition coefficient (Wildman–Crippen LogP) is 1.94. The van der Waals surface area contributed by atoms with E-state index in [0.717, 1.165) is 12.5 Å². The van der Waals surface area contributed by atoms with Crippen molar-refractivity contribution in [3.8, 4) is 0 Å². The number of nitro benzene ring substituents is 2. The largest absolute Gasteiger partial charge is 0.348 e. The van der Waals surface area contributed by atoms with E-state index < -0.39 is 16.1 Å². The second-order valence-electron chi connectivity index (χ2n) is 3.68. The van der Waals surface area contributed by atoms with Gasteiger partial charge in [0, 0.05) is 6.07 Å². The molecule has 0 radical (unpaired) electrons. The van der Waals surface area contributed by atoms with Gasteiger partial charge in [-0.15, -0.1) is 0 Å². The van der Waals surface area contributed by atoms with Gasteiger partial charge >= 0.3 is 0 Å². The molecule has 8 nitrogen and oxygen atoms in total. The predicted molar refractivity (Wildman–Crippen MR) is 59.0 cm³/mol. The van der Waals surface area contributed by atoms with Crippen LogP contribution in [0.5, 0.6) is 0 Å². The van der Waals surface area contributed by atoms with Crippen LogP contribution in [0.3, 0.4) is 0 Å². The van der Waals surface area contributed by atoms with Crippen LogP contribution in [0, 0.1) is 20.2 Å². The quantitative estimate of drug-likeness (QED) is 0.602. The SMILES string of the molecule is O=[N+]([O-])c1ccc(C2OCCCO2)c([N+](=O)[O-])c1. The van der Waals surface area contributed by atoms with Gasteiger partial charge in [-0.25, -0.2) is 0 Å². The molecule has 0 amide bonds. The molecule has 1 aliphatic rings. The molecule has 1 aromatic rings. The molecule has 0 unspecified atom stereocenters. The fraction of sp³-hybridized carbons (Fsp3) is 0.400. The molecular formula is C10H10N2O6. The Morgan fingerprint density at radius 2 is 1.78 bits per heavy atom. The lowest BCUT2D eigenvalue weighted by Crippen LogP contribution is -2.18. The molecule has 0 atom stereocenters. The molecule has 0 aliphatic carbocycles. The van der Waals surface area contributed by atoms with Crippen molar-refractivity contribution in [2.75, 3.05) is 13.2 Å². The fourth-order valence-corrected chi connectivity index (χ4v) is 1.67. The zero-order chi connectivity index (χ0) is 13.1. The summed E-state index contributed by atoms with van der Waals surface area (Å²) in [6, 6.07) is 3.41. The van der Waals surface area contributed by atoms with Crippen LogP contribution < -0.4 is 0 Å². The molecular weight excluding hydrogens is 244 g/mol. The van der Waals surface area contributed by atoms with E-state index in [1.165, 1.54) is 12.1 Å². The molecule has 96 valence electrons. The van der Waals surface area contributed by atoms with Crippen LogP contribution >= 0.6 is 0 Å². The van der Waals surface area contributed by atoms with E-state index in [-0.39, 0.29) is 16.9 Å². The minimum absolute atomic E-state index is 0.199. The molecule has 8 heteroatoms. The summed E-state index contributed by atoms with van der Waals surface area (Å²) >= 11 is 0. The van der Waals surface area contributed by atoms with Gasteiger partial charge < -0.3 is 9.47 Å². The van der Waals surface area contributed by atoms with Crippen molar-refractivity contribution in [2.24, 2.45) is 0 Å². The van der Waals surface area contributed by atoms with Crippen molar-refractivity contribution in [1.29, 1.82) is 0 Å². The minimum Gasteiger partial charge on any atom is -0.348 e. The monoisotopic (exact) mass is 254 g/mol. The van der Waals surface area contributed by atoms with Crippen LogP contribution in [-0.2, 0) is 9.47 Å². The van der Waals surface area contributed by atoms with Gasteiger partial charge in [0.1, 0.15) is 0 Å². The van der Waals surface area contributed by atoms with E-state index in [4.69, 9.17) is 9.47 Å². The molecule has 1 aliphatic heterocycles. The van der Waals surface area contributed by atoms with E-state index in [1.54, 1.807) is 0 Å². The van der Waals surface area contributed by atoms with Gasteiger partial charge in [-0.3, -0.25) is 20.2 Å². The Labute approximate surface area is 101 Å². The average molecular weight is 254 g/mol. The van der Waals surface area contributed by atoms with Gasteiger partial charge in [-0.05, 0) is 12.5 Å². The number of ether oxygens (including phenoxy) is 2. The summed E-state index contributed by atoms with van der Waals surface area (Å²) in [5, 5.41) is 21.5. The van der Waals surface area contributed by atoms with Gasteiger partial charge in [0.2, 0.25) is 0 Å². The number of non-ortho nitro benzene ring substituents is 1. The van der Waals surface area contributed by atoms with Crippen LogP contribution in [0.25, 0.3) is 0 Å². The first-order chi connectivity index (χ1) is 8.59. The lowest BCUT2D eigenvalue weighted by atomic mass is 10.1.